The van der Waals surface area contributed by atoms with Gasteiger partial charge in [0.1, 0.15) is 0 Å². The number of hydrogen-bond donors (Lipinski definition) is 1. The van der Waals surface area contributed by atoms with Gasteiger partial charge in [-0.25, -0.2) is 0 Å². The number of rotatable bonds is 3. The molecule has 0 saturated heterocycles. The molecule has 0 aliphatic carbocycles. The minimum Gasteiger partial charge on any atom is -0.504 e. The summed E-state index contributed by atoms with van der Waals surface area (Å²) in [5.41, 5.74) is 0.953. The van der Waals surface area contributed by atoms with Crippen LogP contribution in [-0.4, -0.2) is 18.1 Å². The van der Waals surface area contributed by atoms with Gasteiger partial charge in [0, 0.05) is 18.2 Å². The van der Waals surface area contributed by atoms with Gasteiger partial charge in [-0.15, -0.1) is 0 Å². The normalized spacial score (nSPS) is 18.9. The highest BCUT2D eigenvalue weighted by Gasteiger charge is 2.53. The van der Waals surface area contributed by atoms with Crippen LogP contribution in [0.1, 0.15) is 11.1 Å². The van der Waals surface area contributed by atoms with Crippen molar-refractivity contribution in [2.45, 2.75) is 5.60 Å². The van der Waals surface area contributed by atoms with Gasteiger partial charge in [-0.05, 0) is 18.2 Å². The zero-order chi connectivity index (χ0) is 17.4. The van der Waals surface area contributed by atoms with Gasteiger partial charge in [0.25, 0.3) is 5.91 Å². The van der Waals surface area contributed by atoms with Crippen LogP contribution in [0.3, 0.4) is 0 Å². The number of phenols is 1. The second-order valence-electron chi connectivity index (χ2n) is 6.00. The second kappa shape index (κ2) is 5.67. The summed E-state index contributed by atoms with van der Waals surface area (Å²) < 4.78 is 6.25. The SMILES string of the molecule is CN1C(=O)[C@@](Oc2ccccc2O)(c2ccccc2)c2ccccc21. The summed E-state index contributed by atoms with van der Waals surface area (Å²) in [6, 6.07) is 23.6. The van der Waals surface area contributed by atoms with Crippen LogP contribution in [0.5, 0.6) is 11.5 Å². The minimum atomic E-state index is -1.33. The fourth-order valence-electron chi connectivity index (χ4n) is 3.34. The molecule has 1 amide bonds. The average molecular weight is 331 g/mol. The standard InChI is InChI=1S/C21H17NO3/c1-22-17-12-6-5-11-16(17)21(20(22)24,15-9-3-2-4-10-15)25-19-14-8-7-13-18(19)23/h2-14,23H,1H3/t21-/m1/s1. The molecule has 25 heavy (non-hydrogen) atoms. The molecule has 0 saturated carbocycles. The molecule has 0 fully saturated rings. The summed E-state index contributed by atoms with van der Waals surface area (Å²) in [6.45, 7) is 0. The summed E-state index contributed by atoms with van der Waals surface area (Å²) in [5.74, 6) is 0.0746. The van der Waals surface area contributed by atoms with Gasteiger partial charge in [0.2, 0.25) is 5.60 Å². The van der Waals surface area contributed by atoms with Crippen molar-refractivity contribution in [2.75, 3.05) is 11.9 Å². The lowest BCUT2D eigenvalue weighted by atomic mass is 9.87. The van der Waals surface area contributed by atoms with E-state index in [1.165, 1.54) is 0 Å². The van der Waals surface area contributed by atoms with Crippen LogP contribution in [-0.2, 0) is 10.4 Å². The smallest absolute Gasteiger partial charge is 0.280 e. The van der Waals surface area contributed by atoms with E-state index in [4.69, 9.17) is 4.74 Å². The number of ether oxygens (including phenoxy) is 1. The molecule has 1 heterocycles. The molecule has 1 aliphatic rings. The average Bonchev–Trinajstić information content (AvgIpc) is 2.87. The predicted molar refractivity (Wildman–Crippen MR) is 95.8 cm³/mol. The third-order valence-corrected chi connectivity index (χ3v) is 4.56. The highest BCUT2D eigenvalue weighted by Crippen LogP contribution is 2.47. The van der Waals surface area contributed by atoms with Crippen LogP contribution in [0, 0.1) is 0 Å². The lowest BCUT2D eigenvalue weighted by Gasteiger charge is -2.30. The number of fused-ring (bicyclic) bond motifs is 1. The molecule has 1 N–H and O–H groups in total. The van der Waals surface area contributed by atoms with Crippen LogP contribution in [0.25, 0.3) is 0 Å². The monoisotopic (exact) mass is 331 g/mol. The molecule has 4 nitrogen and oxygen atoms in total. The van der Waals surface area contributed by atoms with Crippen molar-refractivity contribution in [3.05, 3.63) is 90.0 Å². The van der Waals surface area contributed by atoms with Crippen molar-refractivity contribution in [3.63, 3.8) is 0 Å². The Kier molecular flexibility index (Phi) is 3.46. The zero-order valence-electron chi connectivity index (χ0n) is 13.7. The zero-order valence-corrected chi connectivity index (χ0v) is 13.7. The maximum atomic E-state index is 13.3. The Labute approximate surface area is 145 Å². The minimum absolute atomic E-state index is 0.00218. The first-order chi connectivity index (χ1) is 12.1. The lowest BCUT2D eigenvalue weighted by Crippen LogP contribution is -2.44. The number of likely N-dealkylation sites (N-methyl/N-ethyl adjacent to an activating group) is 1. The van der Waals surface area contributed by atoms with Crippen molar-refractivity contribution in [2.24, 2.45) is 0 Å². The summed E-state index contributed by atoms with van der Waals surface area (Å²) in [5, 5.41) is 10.2. The van der Waals surface area contributed by atoms with Gasteiger partial charge in [0.05, 0.1) is 5.69 Å². The largest absolute Gasteiger partial charge is 0.504 e. The molecule has 0 spiro atoms. The Bertz CT molecular complexity index is 939. The maximum absolute atomic E-state index is 13.3. The van der Waals surface area contributed by atoms with Crippen LogP contribution >= 0.6 is 0 Å². The number of nitrogens with zero attached hydrogens (tertiary/aromatic N) is 1. The molecule has 1 atom stereocenters. The lowest BCUT2D eigenvalue weighted by molar-refractivity contribution is -0.129. The molecule has 124 valence electrons. The number of amides is 1. The third-order valence-electron chi connectivity index (χ3n) is 4.56. The number of phenolic OH excluding ortho intramolecular Hbond substituents is 1. The van der Waals surface area contributed by atoms with Crippen molar-refractivity contribution < 1.29 is 14.6 Å². The van der Waals surface area contributed by atoms with E-state index >= 15 is 0 Å². The summed E-state index contributed by atoms with van der Waals surface area (Å²) in [4.78, 5) is 14.9. The molecular weight excluding hydrogens is 314 g/mol. The Hall–Kier alpha value is -3.27. The summed E-state index contributed by atoms with van der Waals surface area (Å²) in [7, 11) is 1.74. The van der Waals surface area contributed by atoms with E-state index in [1.807, 2.05) is 54.6 Å². The highest BCUT2D eigenvalue weighted by molar-refractivity contribution is 6.09. The number of carbonyl (C=O) groups is 1. The third kappa shape index (κ3) is 2.18. The molecule has 3 aromatic rings. The quantitative estimate of drug-likeness (QED) is 0.796. The molecule has 0 radical (unpaired) electrons. The first kappa shape index (κ1) is 15.3. The van der Waals surface area contributed by atoms with Crippen molar-refractivity contribution in [1.29, 1.82) is 0 Å². The van der Waals surface area contributed by atoms with E-state index in [0.29, 0.717) is 0 Å². The molecule has 4 heteroatoms. The number of aromatic hydroxyl groups is 1. The summed E-state index contributed by atoms with van der Waals surface area (Å²) >= 11 is 0. The van der Waals surface area contributed by atoms with Gasteiger partial charge in [-0.3, -0.25) is 4.79 Å². The van der Waals surface area contributed by atoms with Crippen LogP contribution < -0.4 is 9.64 Å². The first-order valence-electron chi connectivity index (χ1n) is 8.05. The van der Waals surface area contributed by atoms with E-state index in [9.17, 15) is 9.90 Å². The van der Waals surface area contributed by atoms with Gasteiger partial charge < -0.3 is 14.7 Å². The number of carbonyl (C=O) groups excluding carboxylic acids is 1. The van der Waals surface area contributed by atoms with E-state index in [0.717, 1.165) is 16.8 Å². The number of hydrogen-bond acceptors (Lipinski definition) is 3. The maximum Gasteiger partial charge on any atom is 0.280 e. The molecule has 1 aliphatic heterocycles. The molecule has 3 aromatic carbocycles. The fourth-order valence-corrected chi connectivity index (χ4v) is 3.34. The Morgan fingerprint density at radius 3 is 2.28 bits per heavy atom. The van der Waals surface area contributed by atoms with E-state index in [2.05, 4.69) is 0 Å². The van der Waals surface area contributed by atoms with Crippen molar-refractivity contribution in [3.8, 4) is 11.5 Å². The van der Waals surface area contributed by atoms with Gasteiger partial charge in [-0.1, -0.05) is 60.7 Å². The topological polar surface area (TPSA) is 49.8 Å². The van der Waals surface area contributed by atoms with Crippen LogP contribution in [0.15, 0.2) is 78.9 Å². The number of para-hydroxylation sites is 3. The van der Waals surface area contributed by atoms with Gasteiger partial charge >= 0.3 is 0 Å². The fraction of sp³-hybridized carbons (Fsp3) is 0.0952. The molecule has 0 bridgehead atoms. The number of anilines is 1. The van der Waals surface area contributed by atoms with Gasteiger partial charge in [-0.2, -0.15) is 0 Å². The molecule has 0 aromatic heterocycles. The van der Waals surface area contributed by atoms with Crippen LogP contribution in [0.2, 0.25) is 0 Å². The molecule has 4 rings (SSSR count). The molecular formula is C21H17NO3. The van der Waals surface area contributed by atoms with E-state index < -0.39 is 5.60 Å². The van der Waals surface area contributed by atoms with E-state index in [1.54, 1.807) is 36.2 Å². The summed E-state index contributed by atoms with van der Waals surface area (Å²) in [6.07, 6.45) is 0. The van der Waals surface area contributed by atoms with E-state index in [-0.39, 0.29) is 17.4 Å². The Balaban J connectivity index is 1.98. The highest BCUT2D eigenvalue weighted by atomic mass is 16.5. The molecule has 0 unspecified atom stereocenters. The Morgan fingerprint density at radius 1 is 0.880 bits per heavy atom. The Morgan fingerprint density at radius 2 is 1.52 bits per heavy atom. The number of benzene rings is 3. The van der Waals surface area contributed by atoms with Crippen molar-refractivity contribution in [1.82, 2.24) is 0 Å². The second-order valence-corrected chi connectivity index (χ2v) is 6.00. The first-order valence-corrected chi connectivity index (χ1v) is 8.05. The van der Waals surface area contributed by atoms with Crippen LogP contribution in [0.4, 0.5) is 5.69 Å². The predicted octanol–water partition coefficient (Wildman–Crippen LogP) is 3.69. The van der Waals surface area contributed by atoms with Crippen molar-refractivity contribution >= 4 is 11.6 Å². The van der Waals surface area contributed by atoms with Gasteiger partial charge in [0.15, 0.2) is 11.5 Å².